The lowest BCUT2D eigenvalue weighted by Crippen LogP contribution is -2.26. The van der Waals surface area contributed by atoms with Crippen molar-refractivity contribution in [1.29, 1.82) is 0 Å². The Morgan fingerprint density at radius 2 is 2.55 bits per heavy atom. The normalized spacial score (nSPS) is 25.4. The smallest absolute Gasteiger partial charge is 0.0815 e. The maximum Gasteiger partial charge on any atom is 0.0815 e. The summed E-state index contributed by atoms with van der Waals surface area (Å²) in [4.78, 5) is 0. The molecule has 1 atom stereocenters. The van der Waals surface area contributed by atoms with Crippen LogP contribution in [0.25, 0.3) is 0 Å². The summed E-state index contributed by atoms with van der Waals surface area (Å²) in [7, 11) is 0. The Morgan fingerprint density at radius 3 is 3.18 bits per heavy atom. The van der Waals surface area contributed by atoms with Crippen LogP contribution in [0, 0.1) is 6.42 Å². The van der Waals surface area contributed by atoms with E-state index in [1.807, 2.05) is 0 Å². The predicted molar refractivity (Wildman–Crippen MR) is 43.3 cm³/mol. The van der Waals surface area contributed by atoms with E-state index in [4.69, 9.17) is 9.47 Å². The van der Waals surface area contributed by atoms with Gasteiger partial charge in [-0.25, -0.2) is 0 Å². The van der Waals surface area contributed by atoms with Crippen molar-refractivity contribution in [3.63, 3.8) is 0 Å². The number of ether oxygens (including phenoxy) is 2. The molecule has 0 aromatic carbocycles. The SMILES string of the molecule is CCCCOC1C[C]COC1. The Labute approximate surface area is 68.9 Å². The lowest BCUT2D eigenvalue weighted by atomic mass is 10.2. The molecular formula is C9H16O2. The first-order valence-corrected chi connectivity index (χ1v) is 4.33. The fourth-order valence-corrected chi connectivity index (χ4v) is 1.04. The lowest BCUT2D eigenvalue weighted by molar-refractivity contribution is -0.0332. The molecule has 0 aromatic heterocycles. The van der Waals surface area contributed by atoms with E-state index < -0.39 is 0 Å². The molecule has 0 N–H and O–H groups in total. The first-order chi connectivity index (χ1) is 5.43. The maximum atomic E-state index is 5.54. The minimum atomic E-state index is 0.273. The van der Waals surface area contributed by atoms with Crippen molar-refractivity contribution in [3.8, 4) is 0 Å². The van der Waals surface area contributed by atoms with Crippen molar-refractivity contribution in [2.24, 2.45) is 0 Å². The van der Waals surface area contributed by atoms with Crippen LogP contribution in [0.5, 0.6) is 0 Å². The number of hydrogen-bond donors (Lipinski definition) is 0. The predicted octanol–water partition coefficient (Wildman–Crippen LogP) is 1.67. The minimum Gasteiger partial charge on any atom is -0.378 e. The van der Waals surface area contributed by atoms with Crippen LogP contribution in [0.15, 0.2) is 0 Å². The van der Waals surface area contributed by atoms with Gasteiger partial charge in [0.25, 0.3) is 0 Å². The van der Waals surface area contributed by atoms with Crippen LogP contribution in [-0.4, -0.2) is 25.9 Å². The van der Waals surface area contributed by atoms with Gasteiger partial charge in [0.2, 0.25) is 0 Å². The van der Waals surface area contributed by atoms with Gasteiger partial charge in [-0.3, -0.25) is 0 Å². The third-order valence-electron chi connectivity index (χ3n) is 1.73. The van der Waals surface area contributed by atoms with Gasteiger partial charge in [-0.05, 0) is 12.8 Å². The van der Waals surface area contributed by atoms with E-state index in [2.05, 4.69) is 13.3 Å². The maximum absolute atomic E-state index is 5.54. The van der Waals surface area contributed by atoms with Crippen LogP contribution in [-0.2, 0) is 9.47 Å². The number of rotatable bonds is 4. The van der Waals surface area contributed by atoms with E-state index in [1.165, 1.54) is 6.42 Å². The van der Waals surface area contributed by atoms with Crippen molar-refractivity contribution in [2.45, 2.75) is 32.3 Å². The van der Waals surface area contributed by atoms with Crippen LogP contribution in [0.1, 0.15) is 26.2 Å². The highest BCUT2D eigenvalue weighted by Gasteiger charge is 2.13. The molecule has 2 nitrogen and oxygen atoms in total. The Hall–Kier alpha value is -0.0800. The summed E-state index contributed by atoms with van der Waals surface area (Å²) in [5.41, 5.74) is 0. The Balaban J connectivity index is 1.96. The zero-order valence-electron chi connectivity index (χ0n) is 7.14. The number of hydrogen-bond acceptors (Lipinski definition) is 2. The summed E-state index contributed by atoms with van der Waals surface area (Å²) in [6, 6.07) is 0. The summed E-state index contributed by atoms with van der Waals surface area (Å²) in [5.74, 6) is 0. The third-order valence-corrected chi connectivity index (χ3v) is 1.73. The fraction of sp³-hybridized carbons (Fsp3) is 0.889. The van der Waals surface area contributed by atoms with Gasteiger partial charge < -0.3 is 9.47 Å². The summed E-state index contributed by atoms with van der Waals surface area (Å²) in [5, 5.41) is 0. The molecule has 1 fully saturated rings. The average molecular weight is 156 g/mol. The highest BCUT2D eigenvalue weighted by Crippen LogP contribution is 2.09. The molecule has 1 unspecified atom stereocenters. The molecule has 64 valence electrons. The highest BCUT2D eigenvalue weighted by molar-refractivity contribution is 4.75. The van der Waals surface area contributed by atoms with Gasteiger partial charge in [0.05, 0.1) is 19.3 Å². The highest BCUT2D eigenvalue weighted by atomic mass is 16.5. The molecule has 1 aliphatic rings. The molecule has 1 rings (SSSR count). The Morgan fingerprint density at radius 1 is 1.64 bits per heavy atom. The molecule has 0 saturated carbocycles. The van der Waals surface area contributed by atoms with Crippen molar-refractivity contribution in [1.82, 2.24) is 0 Å². The molecular weight excluding hydrogens is 140 g/mol. The standard InChI is InChI=1S/C9H16O2/c1-2-3-7-11-9-5-4-6-10-8-9/h9H,2-3,5-8H2,1H3. The van der Waals surface area contributed by atoms with Crippen molar-refractivity contribution in [2.75, 3.05) is 19.8 Å². The topological polar surface area (TPSA) is 18.5 Å². The molecule has 1 heterocycles. The third kappa shape index (κ3) is 3.73. The first kappa shape index (κ1) is 9.01. The quantitative estimate of drug-likeness (QED) is 0.576. The molecule has 2 heteroatoms. The van der Waals surface area contributed by atoms with Gasteiger partial charge in [0, 0.05) is 13.0 Å². The van der Waals surface area contributed by atoms with E-state index in [9.17, 15) is 0 Å². The van der Waals surface area contributed by atoms with Gasteiger partial charge in [0.15, 0.2) is 0 Å². The molecule has 11 heavy (non-hydrogen) atoms. The summed E-state index contributed by atoms with van der Waals surface area (Å²) in [6.07, 6.45) is 6.67. The molecule has 0 amide bonds. The second kappa shape index (κ2) is 5.56. The zero-order valence-corrected chi connectivity index (χ0v) is 7.14. The Kier molecular flexibility index (Phi) is 4.55. The van der Waals surface area contributed by atoms with Crippen LogP contribution >= 0.6 is 0 Å². The fourth-order valence-electron chi connectivity index (χ4n) is 1.04. The van der Waals surface area contributed by atoms with Gasteiger partial charge in [-0.1, -0.05) is 13.3 Å². The first-order valence-electron chi connectivity index (χ1n) is 4.33. The van der Waals surface area contributed by atoms with Gasteiger partial charge in [-0.2, -0.15) is 0 Å². The molecule has 0 spiro atoms. The van der Waals surface area contributed by atoms with Crippen molar-refractivity contribution in [3.05, 3.63) is 6.42 Å². The van der Waals surface area contributed by atoms with Gasteiger partial charge in [-0.15, -0.1) is 0 Å². The average Bonchev–Trinajstić information content (AvgIpc) is 2.07. The lowest BCUT2D eigenvalue weighted by Gasteiger charge is -2.21. The van der Waals surface area contributed by atoms with Crippen LogP contribution in [0.4, 0.5) is 0 Å². The van der Waals surface area contributed by atoms with Crippen LogP contribution in [0.3, 0.4) is 0 Å². The van der Waals surface area contributed by atoms with Gasteiger partial charge in [0.1, 0.15) is 0 Å². The second-order valence-electron chi connectivity index (χ2n) is 2.82. The molecule has 2 radical (unpaired) electrons. The van der Waals surface area contributed by atoms with E-state index in [1.54, 1.807) is 0 Å². The van der Waals surface area contributed by atoms with Crippen LogP contribution in [0.2, 0.25) is 0 Å². The summed E-state index contributed by atoms with van der Waals surface area (Å²) in [6.45, 7) is 4.45. The second-order valence-corrected chi connectivity index (χ2v) is 2.82. The van der Waals surface area contributed by atoms with E-state index in [-0.39, 0.29) is 6.10 Å². The van der Waals surface area contributed by atoms with E-state index >= 15 is 0 Å². The molecule has 1 saturated heterocycles. The minimum absolute atomic E-state index is 0.273. The molecule has 0 aromatic rings. The monoisotopic (exact) mass is 156 g/mol. The van der Waals surface area contributed by atoms with E-state index in [0.717, 1.165) is 26.1 Å². The van der Waals surface area contributed by atoms with Crippen LogP contribution < -0.4 is 0 Å². The van der Waals surface area contributed by atoms with Gasteiger partial charge >= 0.3 is 0 Å². The molecule has 0 aliphatic carbocycles. The van der Waals surface area contributed by atoms with Crippen molar-refractivity contribution < 1.29 is 9.47 Å². The van der Waals surface area contributed by atoms with Crippen molar-refractivity contribution >= 4 is 0 Å². The summed E-state index contributed by atoms with van der Waals surface area (Å²) >= 11 is 0. The zero-order chi connectivity index (χ0) is 7.94. The summed E-state index contributed by atoms with van der Waals surface area (Å²) < 4.78 is 10.7. The Bertz CT molecular complexity index is 87.6. The largest absolute Gasteiger partial charge is 0.378 e. The molecule has 1 aliphatic heterocycles. The van der Waals surface area contributed by atoms with E-state index in [0.29, 0.717) is 6.61 Å². The number of unbranched alkanes of at least 4 members (excludes halogenated alkanes) is 1. The molecule has 0 bridgehead atoms.